The summed E-state index contributed by atoms with van der Waals surface area (Å²) in [5.74, 6) is 0.913. The summed E-state index contributed by atoms with van der Waals surface area (Å²) >= 11 is 0. The molecule has 0 aromatic heterocycles. The van der Waals surface area contributed by atoms with Gasteiger partial charge in [0.2, 0.25) is 0 Å². The lowest BCUT2D eigenvalue weighted by Crippen LogP contribution is -2.48. The molecule has 1 saturated carbocycles. The quantitative estimate of drug-likeness (QED) is 0.704. The first-order valence-corrected chi connectivity index (χ1v) is 8.46. The molecule has 0 heterocycles. The maximum Gasteiger partial charge on any atom is 0.0589 e. The van der Waals surface area contributed by atoms with Crippen LogP contribution in [0, 0.1) is 11.3 Å². The Labute approximate surface area is 126 Å². The van der Waals surface area contributed by atoms with E-state index in [-0.39, 0.29) is 0 Å². The first-order valence-electron chi connectivity index (χ1n) is 8.46. The number of nitrogens with zero attached hydrogens (tertiary/aromatic N) is 1. The van der Waals surface area contributed by atoms with E-state index in [1.807, 2.05) is 0 Å². The van der Waals surface area contributed by atoms with E-state index >= 15 is 0 Å². The van der Waals surface area contributed by atoms with Crippen molar-refractivity contribution in [3.05, 3.63) is 0 Å². The minimum absolute atomic E-state index is 0.473. The van der Waals surface area contributed by atoms with Gasteiger partial charge in [-0.15, -0.1) is 0 Å². The van der Waals surface area contributed by atoms with Crippen molar-refractivity contribution >= 4 is 0 Å². The Morgan fingerprint density at radius 2 is 1.95 bits per heavy atom. The first-order chi connectivity index (χ1) is 9.53. The predicted octanol–water partition coefficient (Wildman–Crippen LogP) is 3.15. The maximum absolute atomic E-state index is 5.29. The topological polar surface area (TPSA) is 24.5 Å². The molecule has 1 rings (SSSR count). The minimum atomic E-state index is 0.473. The van der Waals surface area contributed by atoms with Gasteiger partial charge in [-0.25, -0.2) is 0 Å². The maximum atomic E-state index is 5.29. The smallest absolute Gasteiger partial charge is 0.0589 e. The number of hydrogen-bond acceptors (Lipinski definition) is 3. The molecule has 0 radical (unpaired) electrons. The Morgan fingerprint density at radius 3 is 2.45 bits per heavy atom. The number of rotatable bonds is 9. The van der Waals surface area contributed by atoms with Gasteiger partial charge in [-0.1, -0.05) is 26.7 Å². The van der Waals surface area contributed by atoms with E-state index < -0.39 is 0 Å². The molecular weight excluding hydrogens is 248 g/mol. The second-order valence-corrected chi connectivity index (χ2v) is 7.02. The van der Waals surface area contributed by atoms with Crippen LogP contribution in [-0.2, 0) is 4.74 Å². The van der Waals surface area contributed by atoms with Crippen LogP contribution in [-0.4, -0.2) is 50.8 Å². The Morgan fingerprint density at radius 1 is 1.30 bits per heavy atom. The Hall–Kier alpha value is -0.120. The van der Waals surface area contributed by atoms with Gasteiger partial charge in [0.05, 0.1) is 6.61 Å². The van der Waals surface area contributed by atoms with Crippen LogP contribution in [0.5, 0.6) is 0 Å². The number of ether oxygens (including phenoxy) is 1. The van der Waals surface area contributed by atoms with Gasteiger partial charge < -0.3 is 10.1 Å². The highest BCUT2D eigenvalue weighted by Crippen LogP contribution is 2.39. The lowest BCUT2D eigenvalue weighted by Gasteiger charge is -2.44. The van der Waals surface area contributed by atoms with Crippen molar-refractivity contribution in [1.29, 1.82) is 0 Å². The molecule has 1 N–H and O–H groups in total. The normalized spacial score (nSPS) is 27.4. The van der Waals surface area contributed by atoms with E-state index in [0.717, 1.165) is 25.6 Å². The molecule has 120 valence electrons. The minimum Gasteiger partial charge on any atom is -0.383 e. The molecular formula is C17H36N2O. The number of hydrogen-bond donors (Lipinski definition) is 1. The van der Waals surface area contributed by atoms with E-state index in [9.17, 15) is 0 Å². The Balaban J connectivity index is 2.65. The third-order valence-electron chi connectivity index (χ3n) is 4.94. The highest BCUT2D eigenvalue weighted by atomic mass is 16.5. The Kier molecular flexibility index (Phi) is 8.08. The third kappa shape index (κ3) is 5.71. The average Bonchev–Trinajstić information content (AvgIpc) is 2.44. The zero-order chi connectivity index (χ0) is 15.0. The van der Waals surface area contributed by atoms with Crippen molar-refractivity contribution in [2.75, 3.05) is 39.9 Å². The molecule has 0 aromatic rings. The van der Waals surface area contributed by atoms with Gasteiger partial charge in [0.25, 0.3) is 0 Å². The molecule has 1 aliphatic rings. The summed E-state index contributed by atoms with van der Waals surface area (Å²) in [6.45, 7) is 14.6. The van der Waals surface area contributed by atoms with Crippen LogP contribution in [0.3, 0.4) is 0 Å². The van der Waals surface area contributed by atoms with Crippen LogP contribution in [0.2, 0.25) is 0 Å². The highest BCUT2D eigenvalue weighted by Gasteiger charge is 2.35. The number of methoxy groups -OCH3 is 1. The molecule has 0 aliphatic heterocycles. The monoisotopic (exact) mass is 284 g/mol. The van der Waals surface area contributed by atoms with Crippen molar-refractivity contribution in [3.63, 3.8) is 0 Å². The molecule has 3 nitrogen and oxygen atoms in total. The largest absolute Gasteiger partial charge is 0.383 e. The second kappa shape index (κ2) is 9.01. The molecule has 0 atom stereocenters. The molecule has 3 heteroatoms. The molecule has 0 spiro atoms. The standard InChI is InChI=1S/C17H36N2O/c1-6-18-13-17(9-7-16(4)8-10-17)14-19(15(2)3)11-12-20-5/h15-16,18H,6-14H2,1-5H3. The van der Waals surface area contributed by atoms with E-state index in [2.05, 4.69) is 37.9 Å². The Bertz CT molecular complexity index is 242. The molecule has 1 aliphatic carbocycles. The fourth-order valence-corrected chi connectivity index (χ4v) is 3.31. The van der Waals surface area contributed by atoms with Gasteiger partial charge in [0.15, 0.2) is 0 Å². The predicted molar refractivity (Wildman–Crippen MR) is 87.2 cm³/mol. The van der Waals surface area contributed by atoms with Crippen LogP contribution in [0.15, 0.2) is 0 Å². The number of nitrogens with one attached hydrogen (secondary N) is 1. The van der Waals surface area contributed by atoms with Crippen molar-refractivity contribution in [3.8, 4) is 0 Å². The fraction of sp³-hybridized carbons (Fsp3) is 1.00. The van der Waals surface area contributed by atoms with Crippen LogP contribution >= 0.6 is 0 Å². The lowest BCUT2D eigenvalue weighted by atomic mass is 9.70. The summed E-state index contributed by atoms with van der Waals surface area (Å²) in [7, 11) is 1.80. The van der Waals surface area contributed by atoms with Crippen molar-refractivity contribution < 1.29 is 4.74 Å². The van der Waals surface area contributed by atoms with Crippen molar-refractivity contribution in [2.45, 2.75) is 59.4 Å². The SMILES string of the molecule is CCNCC1(CN(CCOC)C(C)C)CCC(C)CC1. The molecule has 0 amide bonds. The summed E-state index contributed by atoms with van der Waals surface area (Å²) in [4.78, 5) is 2.61. The summed E-state index contributed by atoms with van der Waals surface area (Å²) in [5, 5.41) is 3.62. The summed E-state index contributed by atoms with van der Waals surface area (Å²) in [5.41, 5.74) is 0.473. The molecule has 0 bridgehead atoms. The summed E-state index contributed by atoms with van der Waals surface area (Å²) < 4.78 is 5.29. The molecule has 20 heavy (non-hydrogen) atoms. The van der Waals surface area contributed by atoms with Gasteiger partial charge in [-0.3, -0.25) is 4.90 Å². The highest BCUT2D eigenvalue weighted by molar-refractivity contribution is 4.90. The fourth-order valence-electron chi connectivity index (χ4n) is 3.31. The first kappa shape index (κ1) is 17.9. The van der Waals surface area contributed by atoms with Crippen LogP contribution in [0.4, 0.5) is 0 Å². The van der Waals surface area contributed by atoms with Crippen LogP contribution in [0.1, 0.15) is 53.4 Å². The van der Waals surface area contributed by atoms with Gasteiger partial charge in [0.1, 0.15) is 0 Å². The zero-order valence-corrected chi connectivity index (χ0v) is 14.4. The van der Waals surface area contributed by atoms with Gasteiger partial charge in [0, 0.05) is 32.8 Å². The van der Waals surface area contributed by atoms with Crippen molar-refractivity contribution in [2.24, 2.45) is 11.3 Å². The van der Waals surface area contributed by atoms with Crippen molar-refractivity contribution in [1.82, 2.24) is 10.2 Å². The molecule has 0 unspecified atom stereocenters. The summed E-state index contributed by atoms with van der Waals surface area (Å²) in [6, 6.07) is 0.600. The average molecular weight is 284 g/mol. The lowest BCUT2D eigenvalue weighted by molar-refractivity contribution is 0.0528. The third-order valence-corrected chi connectivity index (χ3v) is 4.94. The van der Waals surface area contributed by atoms with Gasteiger partial charge in [-0.05, 0) is 44.6 Å². The van der Waals surface area contributed by atoms with Crippen LogP contribution in [0.25, 0.3) is 0 Å². The summed E-state index contributed by atoms with van der Waals surface area (Å²) in [6.07, 6.45) is 5.53. The van der Waals surface area contributed by atoms with E-state index in [1.54, 1.807) is 7.11 Å². The second-order valence-electron chi connectivity index (χ2n) is 7.02. The van der Waals surface area contributed by atoms with Crippen LogP contribution < -0.4 is 5.32 Å². The molecule has 0 aromatic carbocycles. The molecule has 1 fully saturated rings. The van der Waals surface area contributed by atoms with Gasteiger partial charge >= 0.3 is 0 Å². The van der Waals surface area contributed by atoms with E-state index in [4.69, 9.17) is 4.74 Å². The van der Waals surface area contributed by atoms with E-state index in [0.29, 0.717) is 11.5 Å². The molecule has 0 saturated heterocycles. The zero-order valence-electron chi connectivity index (χ0n) is 14.4. The van der Waals surface area contributed by atoms with E-state index in [1.165, 1.54) is 38.8 Å². The van der Waals surface area contributed by atoms with Gasteiger partial charge in [-0.2, -0.15) is 0 Å².